The normalized spacial score (nSPS) is 12.6. The van der Waals surface area contributed by atoms with Gasteiger partial charge in [-0.25, -0.2) is 4.39 Å². The van der Waals surface area contributed by atoms with Crippen molar-refractivity contribution in [3.63, 3.8) is 0 Å². The predicted molar refractivity (Wildman–Crippen MR) is 93.6 cm³/mol. The lowest BCUT2D eigenvalue weighted by molar-refractivity contribution is -0.0497. The second kappa shape index (κ2) is 7.46. The van der Waals surface area contributed by atoms with Gasteiger partial charge in [0.05, 0.1) is 11.0 Å². The number of halogens is 3. The van der Waals surface area contributed by atoms with Crippen LogP contribution in [0, 0.1) is 5.82 Å². The van der Waals surface area contributed by atoms with Crippen molar-refractivity contribution in [2.75, 3.05) is 19.0 Å². The number of ether oxygens (including phenoxy) is 1. The molecule has 3 rings (SSSR count). The molecule has 0 saturated carbocycles. The Hall–Kier alpha value is -2.39. The number of alkyl halides is 2. The molecule has 0 amide bonds. The highest BCUT2D eigenvalue weighted by atomic mass is 32.2. The molecule has 0 aliphatic carbocycles. The van der Waals surface area contributed by atoms with Gasteiger partial charge < -0.3 is 14.2 Å². The number of nitrogens with zero attached hydrogens (tertiary/aromatic N) is 2. The number of aromatic amines is 1. The van der Waals surface area contributed by atoms with Gasteiger partial charge in [0.1, 0.15) is 17.3 Å². The van der Waals surface area contributed by atoms with Gasteiger partial charge in [-0.1, -0.05) is 0 Å². The first-order valence-corrected chi connectivity index (χ1v) is 8.94. The lowest BCUT2D eigenvalue weighted by Crippen LogP contribution is -2.14. The van der Waals surface area contributed by atoms with Crippen LogP contribution >= 0.6 is 0 Å². The van der Waals surface area contributed by atoms with Crippen LogP contribution in [-0.4, -0.2) is 35.2 Å². The minimum atomic E-state index is -2.93. The fourth-order valence-electron chi connectivity index (χ4n) is 2.53. The molecule has 1 heterocycles. The standard InChI is InChI=1S/C17H16F3N3O2S/c1-23(2)15-7-11(18)4-3-10(15)9-26(24)17-21-13-6-5-12(25-16(19)20)8-14(13)22-17/h3-8,16H,9H2,1-2H3,(H,21,22). The Kier molecular flexibility index (Phi) is 5.28. The molecule has 0 saturated heterocycles. The van der Waals surface area contributed by atoms with Crippen molar-refractivity contribution < 1.29 is 22.5 Å². The van der Waals surface area contributed by atoms with Crippen molar-refractivity contribution in [1.29, 1.82) is 0 Å². The number of rotatable bonds is 6. The van der Waals surface area contributed by atoms with E-state index in [1.54, 1.807) is 25.1 Å². The molecule has 0 spiro atoms. The number of fused-ring (bicyclic) bond motifs is 1. The molecule has 5 nitrogen and oxygen atoms in total. The van der Waals surface area contributed by atoms with E-state index >= 15 is 0 Å². The van der Waals surface area contributed by atoms with Gasteiger partial charge in [-0.15, -0.1) is 0 Å². The summed E-state index contributed by atoms with van der Waals surface area (Å²) in [6, 6.07) is 8.53. The van der Waals surface area contributed by atoms with Crippen molar-refractivity contribution >= 4 is 27.9 Å². The van der Waals surface area contributed by atoms with Crippen molar-refractivity contribution in [1.82, 2.24) is 9.97 Å². The second-order valence-corrected chi connectivity index (χ2v) is 7.12. The van der Waals surface area contributed by atoms with E-state index in [-0.39, 0.29) is 22.5 Å². The highest BCUT2D eigenvalue weighted by Crippen LogP contribution is 2.26. The zero-order valence-electron chi connectivity index (χ0n) is 14.0. The molecule has 138 valence electrons. The number of H-pyrrole nitrogens is 1. The molecule has 1 aromatic heterocycles. The van der Waals surface area contributed by atoms with E-state index in [2.05, 4.69) is 14.7 Å². The summed E-state index contributed by atoms with van der Waals surface area (Å²) >= 11 is -1.52. The van der Waals surface area contributed by atoms with Crippen LogP contribution < -0.4 is 9.64 Å². The van der Waals surface area contributed by atoms with Gasteiger partial charge in [-0.3, -0.25) is 4.98 Å². The highest BCUT2D eigenvalue weighted by molar-refractivity contribution is 7.90. The molecule has 9 heteroatoms. The first-order chi connectivity index (χ1) is 12.3. The number of nitrogens with one attached hydrogen (secondary N) is 1. The van der Waals surface area contributed by atoms with E-state index in [4.69, 9.17) is 0 Å². The van der Waals surface area contributed by atoms with E-state index in [9.17, 15) is 17.7 Å². The maximum Gasteiger partial charge on any atom is 0.387 e. The van der Waals surface area contributed by atoms with Gasteiger partial charge in [0.25, 0.3) is 0 Å². The Balaban J connectivity index is 1.85. The molecule has 0 bridgehead atoms. The van der Waals surface area contributed by atoms with Crippen LogP contribution in [0.1, 0.15) is 5.56 Å². The minimum Gasteiger partial charge on any atom is -0.609 e. The van der Waals surface area contributed by atoms with Gasteiger partial charge in [-0.05, 0) is 30.3 Å². The summed E-state index contributed by atoms with van der Waals surface area (Å²) < 4.78 is 55.0. The molecule has 2 aromatic carbocycles. The Morgan fingerprint density at radius 1 is 1.23 bits per heavy atom. The topological polar surface area (TPSA) is 64.2 Å². The van der Waals surface area contributed by atoms with Crippen LogP contribution in [0.2, 0.25) is 0 Å². The van der Waals surface area contributed by atoms with Gasteiger partial charge in [0.2, 0.25) is 0 Å². The molecule has 0 radical (unpaired) electrons. The van der Waals surface area contributed by atoms with Crippen LogP contribution in [0.15, 0.2) is 41.6 Å². The summed E-state index contributed by atoms with van der Waals surface area (Å²) in [5, 5.41) is 0.211. The molecule has 0 aliphatic rings. The number of anilines is 1. The summed E-state index contributed by atoms with van der Waals surface area (Å²) in [5.74, 6) is -0.267. The summed E-state index contributed by atoms with van der Waals surface area (Å²) in [4.78, 5) is 8.85. The van der Waals surface area contributed by atoms with Crippen LogP contribution in [0.4, 0.5) is 18.9 Å². The first kappa shape index (κ1) is 18.4. The lowest BCUT2D eigenvalue weighted by Gasteiger charge is -2.17. The van der Waals surface area contributed by atoms with E-state index in [0.29, 0.717) is 22.3 Å². The van der Waals surface area contributed by atoms with Crippen LogP contribution in [0.5, 0.6) is 5.75 Å². The van der Waals surface area contributed by atoms with E-state index in [0.717, 1.165) is 0 Å². The fraction of sp³-hybridized carbons (Fsp3) is 0.235. The SMILES string of the molecule is CN(C)c1cc(F)ccc1C[S+]([O-])c1nc2cc(OC(F)F)ccc2[nH]1. The Morgan fingerprint density at radius 3 is 2.69 bits per heavy atom. The quantitative estimate of drug-likeness (QED) is 0.660. The largest absolute Gasteiger partial charge is 0.609 e. The maximum absolute atomic E-state index is 13.4. The van der Waals surface area contributed by atoms with Crippen molar-refractivity contribution in [3.05, 3.63) is 47.8 Å². The van der Waals surface area contributed by atoms with Crippen LogP contribution in [0.3, 0.4) is 0 Å². The summed E-state index contributed by atoms with van der Waals surface area (Å²) in [5.41, 5.74) is 2.26. The average molecular weight is 383 g/mol. The zero-order chi connectivity index (χ0) is 18.8. The molecule has 3 aromatic rings. The molecule has 0 fully saturated rings. The van der Waals surface area contributed by atoms with E-state index in [1.165, 1.54) is 30.3 Å². The van der Waals surface area contributed by atoms with Gasteiger partial charge in [0, 0.05) is 42.6 Å². The van der Waals surface area contributed by atoms with Crippen LogP contribution in [-0.2, 0) is 16.9 Å². The number of benzene rings is 2. The molecule has 26 heavy (non-hydrogen) atoms. The van der Waals surface area contributed by atoms with Crippen molar-refractivity contribution in [2.24, 2.45) is 0 Å². The third-order valence-corrected chi connectivity index (χ3v) is 4.89. The third-order valence-electron chi connectivity index (χ3n) is 3.69. The lowest BCUT2D eigenvalue weighted by atomic mass is 10.2. The third kappa shape index (κ3) is 4.05. The summed E-state index contributed by atoms with van der Waals surface area (Å²) in [6.45, 7) is -2.93. The smallest absolute Gasteiger partial charge is 0.387 e. The average Bonchev–Trinajstić information content (AvgIpc) is 2.99. The molecule has 1 N–H and O–H groups in total. The Morgan fingerprint density at radius 2 is 2.00 bits per heavy atom. The number of hydrogen-bond acceptors (Lipinski definition) is 4. The van der Waals surface area contributed by atoms with Crippen molar-refractivity contribution in [2.45, 2.75) is 17.5 Å². The van der Waals surface area contributed by atoms with Crippen molar-refractivity contribution in [3.8, 4) is 5.75 Å². The maximum atomic E-state index is 13.4. The van der Waals surface area contributed by atoms with E-state index in [1.807, 2.05) is 0 Å². The fourth-order valence-corrected chi connectivity index (χ4v) is 3.62. The number of aromatic nitrogens is 2. The summed E-state index contributed by atoms with van der Waals surface area (Å²) in [7, 11) is 3.54. The van der Waals surface area contributed by atoms with Crippen LogP contribution in [0.25, 0.3) is 11.0 Å². The second-order valence-electron chi connectivity index (χ2n) is 5.76. The Labute approximate surface area is 151 Å². The number of hydrogen-bond donors (Lipinski definition) is 1. The minimum absolute atomic E-state index is 0.0234. The monoisotopic (exact) mass is 383 g/mol. The van der Waals surface area contributed by atoms with Gasteiger partial charge in [0.15, 0.2) is 0 Å². The molecule has 0 aliphatic heterocycles. The number of imidazole rings is 1. The Bertz CT molecular complexity index is 917. The molecule has 1 unspecified atom stereocenters. The van der Waals surface area contributed by atoms with Gasteiger partial charge >= 0.3 is 11.8 Å². The van der Waals surface area contributed by atoms with E-state index < -0.39 is 17.8 Å². The molecular formula is C17H16F3N3O2S. The highest BCUT2D eigenvalue weighted by Gasteiger charge is 2.20. The van der Waals surface area contributed by atoms with Gasteiger partial charge in [-0.2, -0.15) is 13.8 Å². The molecule has 1 atom stereocenters. The predicted octanol–water partition coefficient (Wildman–Crippen LogP) is 3.68. The molecular weight excluding hydrogens is 367 g/mol. The first-order valence-electron chi connectivity index (χ1n) is 7.62. The zero-order valence-corrected chi connectivity index (χ0v) is 14.8. The summed E-state index contributed by atoms with van der Waals surface area (Å²) in [6.07, 6.45) is 0.